The maximum absolute atomic E-state index is 12.3. The van der Waals surface area contributed by atoms with Gasteiger partial charge in [-0.15, -0.1) is 23.7 Å². The standard InChI is InChI=1S/C23H24N2O2S.ClH/c1-4-25(5-2)14(3)15-6-8-16(9-7-15)20-19(26)11-10-18-21(20)17-12-13-28-22(17)23(27)24-18;/h6-14,26H,4-5H2,1-3H3,(H,24,27);1H. The van der Waals surface area contributed by atoms with Gasteiger partial charge in [-0.2, -0.15) is 0 Å². The Morgan fingerprint density at radius 3 is 2.41 bits per heavy atom. The van der Waals surface area contributed by atoms with E-state index in [1.165, 1.54) is 16.9 Å². The summed E-state index contributed by atoms with van der Waals surface area (Å²) in [5.74, 6) is 0.219. The lowest BCUT2D eigenvalue weighted by atomic mass is 9.95. The normalized spacial score (nSPS) is 12.4. The molecule has 1 atom stereocenters. The van der Waals surface area contributed by atoms with E-state index in [9.17, 15) is 9.90 Å². The van der Waals surface area contributed by atoms with Crippen LogP contribution in [0.3, 0.4) is 0 Å². The Hall–Kier alpha value is -2.34. The van der Waals surface area contributed by atoms with Crippen molar-refractivity contribution in [2.24, 2.45) is 0 Å². The highest BCUT2D eigenvalue weighted by Crippen LogP contribution is 2.40. The SMILES string of the molecule is CCN(CC)C(C)c1ccc(-c2c(O)ccc3[nH]c(=O)c4sccc4c23)cc1.Cl. The number of rotatable bonds is 5. The maximum Gasteiger partial charge on any atom is 0.266 e. The fraction of sp³-hybridized carbons (Fsp3) is 0.261. The average Bonchev–Trinajstić information content (AvgIpc) is 3.20. The van der Waals surface area contributed by atoms with E-state index in [1.807, 2.05) is 11.4 Å². The molecule has 152 valence electrons. The molecule has 0 aliphatic rings. The van der Waals surface area contributed by atoms with Gasteiger partial charge in [-0.3, -0.25) is 9.69 Å². The van der Waals surface area contributed by atoms with Gasteiger partial charge in [0.2, 0.25) is 0 Å². The third-order valence-corrected chi connectivity index (χ3v) is 6.53. The van der Waals surface area contributed by atoms with Crippen molar-refractivity contribution in [3.8, 4) is 16.9 Å². The molecule has 0 aliphatic heterocycles. The first-order valence-corrected chi connectivity index (χ1v) is 10.5. The molecule has 0 saturated carbocycles. The van der Waals surface area contributed by atoms with Crippen LogP contribution in [0.25, 0.3) is 32.1 Å². The minimum Gasteiger partial charge on any atom is -0.507 e. The fourth-order valence-electron chi connectivity index (χ4n) is 4.04. The van der Waals surface area contributed by atoms with E-state index >= 15 is 0 Å². The minimum atomic E-state index is -0.0856. The van der Waals surface area contributed by atoms with Crippen molar-refractivity contribution in [1.82, 2.24) is 9.88 Å². The first-order chi connectivity index (χ1) is 13.5. The molecule has 0 spiro atoms. The van der Waals surface area contributed by atoms with Crippen LogP contribution in [0, 0.1) is 0 Å². The fourth-order valence-corrected chi connectivity index (χ4v) is 4.83. The van der Waals surface area contributed by atoms with Crippen molar-refractivity contribution >= 4 is 44.7 Å². The molecular formula is C23H25ClN2O2S. The van der Waals surface area contributed by atoms with Crippen LogP contribution in [-0.4, -0.2) is 28.1 Å². The number of nitrogens with one attached hydrogen (secondary N) is 1. The van der Waals surface area contributed by atoms with Crippen LogP contribution in [0.1, 0.15) is 32.4 Å². The van der Waals surface area contributed by atoms with E-state index in [2.05, 4.69) is 54.9 Å². The van der Waals surface area contributed by atoms with E-state index in [-0.39, 0.29) is 23.7 Å². The van der Waals surface area contributed by atoms with Gasteiger partial charge in [0.05, 0.1) is 0 Å². The molecule has 29 heavy (non-hydrogen) atoms. The third-order valence-electron chi connectivity index (χ3n) is 5.61. The van der Waals surface area contributed by atoms with Gasteiger partial charge in [0, 0.05) is 27.9 Å². The lowest BCUT2D eigenvalue weighted by molar-refractivity contribution is 0.234. The van der Waals surface area contributed by atoms with E-state index in [0.29, 0.717) is 10.7 Å². The highest BCUT2D eigenvalue weighted by molar-refractivity contribution is 7.17. The number of phenolic OH excluding ortho intramolecular Hbond substituents is 1. The van der Waals surface area contributed by atoms with Crippen LogP contribution >= 0.6 is 23.7 Å². The predicted molar refractivity (Wildman–Crippen MR) is 126 cm³/mol. The van der Waals surface area contributed by atoms with Gasteiger partial charge in [-0.1, -0.05) is 38.1 Å². The zero-order valence-corrected chi connectivity index (χ0v) is 18.4. The van der Waals surface area contributed by atoms with Crippen molar-refractivity contribution < 1.29 is 5.11 Å². The Morgan fingerprint density at radius 2 is 1.76 bits per heavy atom. The van der Waals surface area contributed by atoms with Gasteiger partial charge in [0.25, 0.3) is 5.56 Å². The summed E-state index contributed by atoms with van der Waals surface area (Å²) in [5, 5.41) is 14.4. The van der Waals surface area contributed by atoms with Gasteiger partial charge in [-0.05, 0) is 54.7 Å². The zero-order valence-electron chi connectivity index (χ0n) is 16.7. The molecule has 4 rings (SSSR count). The van der Waals surface area contributed by atoms with Crippen molar-refractivity contribution in [2.75, 3.05) is 13.1 Å². The molecule has 2 heterocycles. The van der Waals surface area contributed by atoms with Crippen molar-refractivity contribution in [3.05, 3.63) is 63.8 Å². The second-order valence-electron chi connectivity index (χ2n) is 7.02. The molecule has 2 N–H and O–H groups in total. The smallest absolute Gasteiger partial charge is 0.266 e. The number of fused-ring (bicyclic) bond motifs is 3. The first kappa shape index (κ1) is 21.4. The largest absolute Gasteiger partial charge is 0.507 e. The van der Waals surface area contributed by atoms with Crippen LogP contribution in [0.5, 0.6) is 5.75 Å². The molecule has 4 nitrogen and oxygen atoms in total. The highest BCUT2D eigenvalue weighted by Gasteiger charge is 2.17. The number of thiophene rings is 1. The molecule has 0 aliphatic carbocycles. The van der Waals surface area contributed by atoms with Crippen molar-refractivity contribution in [2.45, 2.75) is 26.8 Å². The van der Waals surface area contributed by atoms with Crippen LogP contribution < -0.4 is 5.56 Å². The second kappa shape index (κ2) is 8.57. The van der Waals surface area contributed by atoms with Crippen LogP contribution in [-0.2, 0) is 0 Å². The van der Waals surface area contributed by atoms with Gasteiger partial charge >= 0.3 is 0 Å². The summed E-state index contributed by atoms with van der Waals surface area (Å²) >= 11 is 1.42. The summed E-state index contributed by atoms with van der Waals surface area (Å²) in [7, 11) is 0. The van der Waals surface area contributed by atoms with Gasteiger partial charge in [0.1, 0.15) is 10.4 Å². The molecule has 0 bridgehead atoms. The van der Waals surface area contributed by atoms with E-state index < -0.39 is 0 Å². The molecule has 1 unspecified atom stereocenters. The topological polar surface area (TPSA) is 56.3 Å². The lowest BCUT2D eigenvalue weighted by Gasteiger charge is -2.26. The Kier molecular flexibility index (Phi) is 6.32. The van der Waals surface area contributed by atoms with Crippen molar-refractivity contribution in [1.29, 1.82) is 0 Å². The number of nitrogens with zero attached hydrogens (tertiary/aromatic N) is 1. The number of hydrogen-bond acceptors (Lipinski definition) is 4. The second-order valence-corrected chi connectivity index (χ2v) is 7.94. The Bertz CT molecular complexity index is 1190. The monoisotopic (exact) mass is 428 g/mol. The number of pyridine rings is 1. The molecule has 0 amide bonds. The number of phenols is 1. The number of aromatic hydroxyl groups is 1. The van der Waals surface area contributed by atoms with Gasteiger partial charge in [-0.25, -0.2) is 0 Å². The number of halogens is 1. The molecule has 0 saturated heterocycles. The predicted octanol–water partition coefficient (Wildman–Crippen LogP) is 5.94. The Labute approximate surface area is 180 Å². The summed E-state index contributed by atoms with van der Waals surface area (Å²) in [6.45, 7) is 8.59. The van der Waals surface area contributed by atoms with Crippen molar-refractivity contribution in [3.63, 3.8) is 0 Å². The molecule has 2 aromatic carbocycles. The van der Waals surface area contributed by atoms with E-state index in [1.54, 1.807) is 12.1 Å². The van der Waals surface area contributed by atoms with Gasteiger partial charge in [0.15, 0.2) is 0 Å². The summed E-state index contributed by atoms with van der Waals surface area (Å²) in [6, 6.07) is 14.1. The summed E-state index contributed by atoms with van der Waals surface area (Å²) in [6.07, 6.45) is 0. The number of aromatic nitrogens is 1. The number of hydrogen-bond donors (Lipinski definition) is 2. The summed E-state index contributed by atoms with van der Waals surface area (Å²) < 4.78 is 0.686. The average molecular weight is 429 g/mol. The van der Waals surface area contributed by atoms with Gasteiger partial charge < -0.3 is 10.1 Å². The lowest BCUT2D eigenvalue weighted by Crippen LogP contribution is -2.26. The van der Waals surface area contributed by atoms with E-state index in [0.717, 1.165) is 40.5 Å². The third kappa shape index (κ3) is 3.66. The Morgan fingerprint density at radius 1 is 1.07 bits per heavy atom. The molecule has 0 fully saturated rings. The highest BCUT2D eigenvalue weighted by atomic mass is 35.5. The molecule has 4 aromatic rings. The first-order valence-electron chi connectivity index (χ1n) is 9.64. The van der Waals surface area contributed by atoms with Crippen LogP contribution in [0.4, 0.5) is 0 Å². The molecule has 6 heteroatoms. The minimum absolute atomic E-state index is 0. The summed E-state index contributed by atoms with van der Waals surface area (Å²) in [4.78, 5) is 17.7. The Balaban J connectivity index is 0.00000240. The molecular weight excluding hydrogens is 404 g/mol. The molecule has 0 radical (unpaired) electrons. The summed E-state index contributed by atoms with van der Waals surface area (Å²) in [5.41, 5.74) is 3.61. The number of aromatic amines is 1. The number of benzene rings is 2. The maximum atomic E-state index is 12.3. The zero-order chi connectivity index (χ0) is 19.8. The molecule has 2 aromatic heterocycles. The number of H-pyrrole nitrogens is 1. The van der Waals surface area contributed by atoms with Crippen LogP contribution in [0.15, 0.2) is 52.6 Å². The van der Waals surface area contributed by atoms with Crippen LogP contribution in [0.2, 0.25) is 0 Å². The quantitative estimate of drug-likeness (QED) is 0.413. The van der Waals surface area contributed by atoms with E-state index in [4.69, 9.17) is 0 Å².